The smallest absolute Gasteiger partial charge is 0.277 e. The van der Waals surface area contributed by atoms with E-state index in [1.165, 1.54) is 4.90 Å². The third-order valence-electron chi connectivity index (χ3n) is 3.05. The molecule has 5 nitrogen and oxygen atoms in total. The summed E-state index contributed by atoms with van der Waals surface area (Å²) >= 11 is 0. The molecule has 1 saturated heterocycles. The summed E-state index contributed by atoms with van der Waals surface area (Å²) < 4.78 is 0. The third kappa shape index (κ3) is 2.65. The van der Waals surface area contributed by atoms with Gasteiger partial charge >= 0.3 is 6.03 Å². The molecule has 0 radical (unpaired) electrons. The number of hydrogen-bond acceptors (Lipinski definition) is 3. The van der Waals surface area contributed by atoms with Crippen LogP contribution < -0.4 is 5.32 Å². The largest absolute Gasteiger partial charge is 0.331 e. The van der Waals surface area contributed by atoms with Crippen LogP contribution in [0.4, 0.5) is 4.79 Å². The van der Waals surface area contributed by atoms with Crippen LogP contribution in [0.2, 0.25) is 0 Å². The number of barbiturate groups is 1. The summed E-state index contributed by atoms with van der Waals surface area (Å²) in [5.74, 6) is -1.69. The van der Waals surface area contributed by atoms with Gasteiger partial charge in [-0.2, -0.15) is 0 Å². The van der Waals surface area contributed by atoms with Gasteiger partial charge in [0.15, 0.2) is 0 Å². The minimum absolute atomic E-state index is 0.105. The molecule has 0 saturated carbocycles. The maximum Gasteiger partial charge on any atom is 0.331 e. The summed E-state index contributed by atoms with van der Waals surface area (Å²) in [5, 5.41) is 2.26. The number of rotatable bonds is 4. The summed E-state index contributed by atoms with van der Waals surface area (Å²) in [6.45, 7) is 7.43. The van der Waals surface area contributed by atoms with Gasteiger partial charge in [-0.05, 0) is 19.3 Å². The second-order valence-electron chi connectivity index (χ2n) is 4.86. The number of urea groups is 1. The molecule has 2 atom stereocenters. The first-order valence-electron chi connectivity index (χ1n) is 6.08. The lowest BCUT2D eigenvalue weighted by molar-refractivity contribution is -0.145. The second kappa shape index (κ2) is 5.29. The van der Waals surface area contributed by atoms with Crippen molar-refractivity contribution in [1.82, 2.24) is 10.2 Å². The van der Waals surface area contributed by atoms with Crippen LogP contribution in [0.15, 0.2) is 0 Å². The van der Waals surface area contributed by atoms with Crippen LogP contribution >= 0.6 is 0 Å². The Kier molecular flexibility index (Phi) is 4.26. The quantitative estimate of drug-likeness (QED) is 0.758. The molecule has 0 aliphatic carbocycles. The molecule has 96 valence electrons. The minimum atomic E-state index is -0.744. The van der Waals surface area contributed by atoms with E-state index in [4.69, 9.17) is 0 Å². The van der Waals surface area contributed by atoms with E-state index in [1.807, 2.05) is 13.8 Å². The van der Waals surface area contributed by atoms with Crippen LogP contribution in [0.3, 0.4) is 0 Å². The first-order chi connectivity index (χ1) is 7.90. The number of imide groups is 2. The molecule has 2 unspecified atom stereocenters. The van der Waals surface area contributed by atoms with Crippen molar-refractivity contribution in [3.63, 3.8) is 0 Å². The highest BCUT2D eigenvalue weighted by Gasteiger charge is 2.43. The zero-order valence-electron chi connectivity index (χ0n) is 10.8. The van der Waals surface area contributed by atoms with Gasteiger partial charge < -0.3 is 0 Å². The third-order valence-corrected chi connectivity index (χ3v) is 3.05. The van der Waals surface area contributed by atoms with E-state index in [0.29, 0.717) is 0 Å². The van der Waals surface area contributed by atoms with E-state index in [1.54, 1.807) is 13.8 Å². The molecule has 0 aromatic rings. The van der Waals surface area contributed by atoms with E-state index in [2.05, 4.69) is 5.32 Å². The zero-order chi connectivity index (χ0) is 13.2. The minimum Gasteiger partial charge on any atom is -0.277 e. The summed E-state index contributed by atoms with van der Waals surface area (Å²) in [5.41, 5.74) is 0. The van der Waals surface area contributed by atoms with Crippen molar-refractivity contribution in [2.75, 3.05) is 0 Å². The van der Waals surface area contributed by atoms with Crippen LogP contribution in [-0.4, -0.2) is 28.8 Å². The van der Waals surface area contributed by atoms with Gasteiger partial charge in [-0.1, -0.05) is 27.2 Å². The number of carbonyl (C=O) groups is 3. The molecule has 1 heterocycles. The number of hydrogen-bond donors (Lipinski definition) is 1. The predicted molar refractivity (Wildman–Crippen MR) is 63.1 cm³/mol. The highest BCUT2D eigenvalue weighted by molar-refractivity contribution is 6.16. The Morgan fingerprint density at radius 2 is 1.82 bits per heavy atom. The van der Waals surface area contributed by atoms with Gasteiger partial charge in [-0.25, -0.2) is 4.79 Å². The van der Waals surface area contributed by atoms with Crippen molar-refractivity contribution in [1.29, 1.82) is 0 Å². The maximum atomic E-state index is 12.1. The first kappa shape index (κ1) is 13.7. The molecular formula is C12H20N2O3. The van der Waals surface area contributed by atoms with Crippen molar-refractivity contribution in [2.45, 2.75) is 46.6 Å². The molecule has 1 aliphatic rings. The Labute approximate surface area is 102 Å². The van der Waals surface area contributed by atoms with E-state index in [9.17, 15) is 14.4 Å². The topological polar surface area (TPSA) is 66.5 Å². The summed E-state index contributed by atoms with van der Waals surface area (Å²) in [7, 11) is 0. The van der Waals surface area contributed by atoms with Gasteiger partial charge in [0.2, 0.25) is 11.8 Å². The van der Waals surface area contributed by atoms with Gasteiger partial charge in [0.05, 0.1) is 0 Å². The second-order valence-corrected chi connectivity index (χ2v) is 4.86. The summed E-state index contributed by atoms with van der Waals surface area (Å²) in [4.78, 5) is 36.6. The molecule has 5 heteroatoms. The van der Waals surface area contributed by atoms with E-state index < -0.39 is 17.9 Å². The summed E-state index contributed by atoms with van der Waals surface area (Å²) in [6, 6.07) is -0.750. The Balaban J connectivity index is 2.94. The fraction of sp³-hybridized carbons (Fsp3) is 0.750. The normalized spacial score (nSPS) is 23.0. The van der Waals surface area contributed by atoms with Gasteiger partial charge in [0.25, 0.3) is 0 Å². The monoisotopic (exact) mass is 240 g/mol. The van der Waals surface area contributed by atoms with E-state index in [-0.39, 0.29) is 17.9 Å². The van der Waals surface area contributed by atoms with Crippen LogP contribution in [0.25, 0.3) is 0 Å². The lowest BCUT2D eigenvalue weighted by atomic mass is 9.91. The lowest BCUT2D eigenvalue weighted by Gasteiger charge is -2.35. The van der Waals surface area contributed by atoms with E-state index >= 15 is 0 Å². The molecule has 1 aliphatic heterocycles. The molecule has 4 amide bonds. The molecule has 0 spiro atoms. The molecule has 0 aromatic heterocycles. The lowest BCUT2D eigenvalue weighted by Crippen LogP contribution is -2.61. The molecule has 1 rings (SSSR count). The van der Waals surface area contributed by atoms with Gasteiger partial charge in [-0.3, -0.25) is 19.8 Å². The highest BCUT2D eigenvalue weighted by Crippen LogP contribution is 2.21. The Morgan fingerprint density at radius 1 is 1.24 bits per heavy atom. The zero-order valence-corrected chi connectivity index (χ0v) is 10.8. The highest BCUT2D eigenvalue weighted by atomic mass is 16.2. The van der Waals surface area contributed by atoms with Crippen molar-refractivity contribution in [3.8, 4) is 0 Å². The Bertz CT molecular complexity index is 339. The van der Waals surface area contributed by atoms with Crippen molar-refractivity contribution in [3.05, 3.63) is 0 Å². The fourth-order valence-electron chi connectivity index (χ4n) is 2.16. The molecule has 0 aromatic carbocycles. The van der Waals surface area contributed by atoms with Crippen molar-refractivity contribution >= 4 is 17.8 Å². The average molecular weight is 240 g/mol. The predicted octanol–water partition coefficient (Wildman–Crippen LogP) is 1.53. The standard InChI is InChI=1S/C12H20N2O3/c1-5-6-8(4)14-11(16)9(7(2)3)10(15)13-12(14)17/h7-9H,5-6H2,1-4H3,(H,13,15,17). The molecule has 1 N–H and O–H groups in total. The average Bonchev–Trinajstić information content (AvgIpc) is 2.15. The number of carbonyl (C=O) groups excluding carboxylic acids is 3. The van der Waals surface area contributed by atoms with Crippen molar-refractivity contribution < 1.29 is 14.4 Å². The van der Waals surface area contributed by atoms with Crippen LogP contribution in [0.1, 0.15) is 40.5 Å². The van der Waals surface area contributed by atoms with Gasteiger partial charge in [0, 0.05) is 6.04 Å². The summed E-state index contributed by atoms with van der Waals surface area (Å²) in [6.07, 6.45) is 1.64. The molecule has 17 heavy (non-hydrogen) atoms. The molecular weight excluding hydrogens is 220 g/mol. The Morgan fingerprint density at radius 3 is 2.29 bits per heavy atom. The van der Waals surface area contributed by atoms with Gasteiger partial charge in [-0.15, -0.1) is 0 Å². The molecule has 1 fully saturated rings. The fourth-order valence-corrected chi connectivity index (χ4v) is 2.16. The Hall–Kier alpha value is -1.39. The van der Waals surface area contributed by atoms with Crippen LogP contribution in [-0.2, 0) is 9.59 Å². The number of amides is 4. The van der Waals surface area contributed by atoms with Crippen LogP contribution in [0.5, 0.6) is 0 Å². The number of nitrogens with one attached hydrogen (secondary N) is 1. The number of nitrogens with zero attached hydrogens (tertiary/aromatic N) is 1. The first-order valence-corrected chi connectivity index (χ1v) is 6.08. The van der Waals surface area contributed by atoms with E-state index in [0.717, 1.165) is 12.8 Å². The maximum absolute atomic E-state index is 12.1. The SMILES string of the molecule is CCCC(C)N1C(=O)NC(=O)C(C(C)C)C1=O. The van der Waals surface area contributed by atoms with Gasteiger partial charge in [0.1, 0.15) is 5.92 Å². The van der Waals surface area contributed by atoms with Crippen molar-refractivity contribution in [2.24, 2.45) is 11.8 Å². The van der Waals surface area contributed by atoms with Crippen LogP contribution in [0, 0.1) is 11.8 Å². The molecule has 0 bridgehead atoms.